The normalized spacial score (nSPS) is 33.4. The first-order valence-corrected chi connectivity index (χ1v) is 18.8. The standard InChI is InChI=1S/C21H24F3N3S.C10H6Cl8/c1-25-11-13-26(14-12-25)9-4-10-27-17-5-2-3-6-19(17)28-20-8-7-16(15-18(20)27)21(22,23)24;11-3-1-2-4(5(3)12)9(16)7(14)6(13)8(2,15)10(9,17)18/h2-3,5-8,15H,4,9-14H2,1H3;2-5H,1H2. The third-order valence-corrected chi connectivity index (χ3v) is 16.3. The smallest absolute Gasteiger partial charge is 0.340 e. The minimum Gasteiger partial charge on any atom is -0.340 e. The maximum Gasteiger partial charge on any atom is 0.416 e. The number of hydrogen-bond acceptors (Lipinski definition) is 4. The highest BCUT2D eigenvalue weighted by Gasteiger charge is 2.84. The lowest BCUT2D eigenvalue weighted by Gasteiger charge is -2.35. The van der Waals surface area contributed by atoms with Crippen LogP contribution in [0.5, 0.6) is 0 Å². The number of rotatable bonds is 4. The molecule has 0 spiro atoms. The number of halogens is 11. The maximum absolute atomic E-state index is 13.3. The predicted molar refractivity (Wildman–Crippen MR) is 189 cm³/mol. The Labute approximate surface area is 311 Å². The molecule has 2 bridgehead atoms. The molecule has 1 saturated heterocycles. The van der Waals surface area contributed by atoms with Crippen molar-refractivity contribution in [3.05, 3.63) is 58.1 Å². The Morgan fingerprint density at radius 2 is 1.48 bits per heavy atom. The van der Waals surface area contributed by atoms with Crippen LogP contribution < -0.4 is 4.90 Å². The van der Waals surface area contributed by atoms with Crippen molar-refractivity contribution < 1.29 is 13.2 Å². The Morgan fingerprint density at radius 3 is 2.15 bits per heavy atom. The molecular weight excluding hydrogens is 787 g/mol. The quantitative estimate of drug-likeness (QED) is 0.284. The number of allylic oxidation sites excluding steroid dienone is 2. The summed E-state index contributed by atoms with van der Waals surface area (Å²) in [6.07, 6.45) is -2.86. The highest BCUT2D eigenvalue weighted by molar-refractivity contribution is 7.99. The second-order valence-electron chi connectivity index (χ2n) is 12.4. The zero-order valence-electron chi connectivity index (χ0n) is 24.4. The van der Waals surface area contributed by atoms with E-state index in [9.17, 15) is 13.2 Å². The van der Waals surface area contributed by atoms with E-state index in [0.717, 1.165) is 54.6 Å². The zero-order valence-corrected chi connectivity index (χ0v) is 31.3. The average molecular weight is 817 g/mol. The molecule has 5 aliphatic rings. The first kappa shape index (κ1) is 36.2. The fourth-order valence-electron chi connectivity index (χ4n) is 7.25. The van der Waals surface area contributed by atoms with E-state index in [-0.39, 0.29) is 27.3 Å². The molecule has 2 aromatic rings. The fourth-order valence-corrected chi connectivity index (χ4v) is 12.3. The molecule has 15 heteroatoms. The number of likely N-dealkylation sites (N-methyl/N-ethyl adjacent to an activating group) is 1. The van der Waals surface area contributed by atoms with Crippen LogP contribution in [-0.4, -0.2) is 81.0 Å². The molecule has 0 N–H and O–H groups in total. The van der Waals surface area contributed by atoms with Crippen molar-refractivity contribution in [1.29, 1.82) is 0 Å². The van der Waals surface area contributed by atoms with Crippen LogP contribution in [0.15, 0.2) is 62.3 Å². The molecular formula is C31H30Cl8F3N3S. The van der Waals surface area contributed by atoms with E-state index in [1.54, 1.807) is 17.8 Å². The van der Waals surface area contributed by atoms with Crippen LogP contribution in [0.2, 0.25) is 0 Å². The van der Waals surface area contributed by atoms with Crippen LogP contribution in [0.3, 0.4) is 0 Å². The van der Waals surface area contributed by atoms with Gasteiger partial charge in [-0.05, 0) is 62.7 Å². The second-order valence-corrected chi connectivity index (χ2v) is 17.8. The second kappa shape index (κ2) is 13.2. The summed E-state index contributed by atoms with van der Waals surface area (Å²) in [4.78, 5) is 6.30. The van der Waals surface area contributed by atoms with Crippen molar-refractivity contribution in [2.24, 2.45) is 11.8 Å². The first-order valence-electron chi connectivity index (χ1n) is 14.8. The summed E-state index contributed by atoms with van der Waals surface area (Å²) in [6.45, 7) is 5.92. The molecule has 0 aromatic heterocycles. The van der Waals surface area contributed by atoms with E-state index >= 15 is 0 Å². The van der Waals surface area contributed by atoms with Crippen molar-refractivity contribution >= 4 is 116 Å². The Hall–Kier alpha value is 0.360. The molecule has 2 heterocycles. The topological polar surface area (TPSA) is 9.72 Å². The highest BCUT2D eigenvalue weighted by Crippen LogP contribution is 2.79. The van der Waals surface area contributed by atoms with E-state index in [1.165, 1.54) is 12.1 Å². The molecule has 3 nitrogen and oxygen atoms in total. The number of benzene rings is 2. The van der Waals surface area contributed by atoms with Gasteiger partial charge < -0.3 is 14.7 Å². The van der Waals surface area contributed by atoms with Crippen LogP contribution in [-0.2, 0) is 6.18 Å². The molecule has 2 aromatic carbocycles. The van der Waals surface area contributed by atoms with Crippen LogP contribution in [0, 0.1) is 11.8 Å². The van der Waals surface area contributed by atoms with Crippen LogP contribution >= 0.6 is 105 Å². The molecule has 7 rings (SSSR count). The van der Waals surface area contributed by atoms with Gasteiger partial charge in [0.05, 0.1) is 37.8 Å². The molecule has 3 fully saturated rings. The third-order valence-electron chi connectivity index (χ3n) is 9.72. The number of nitrogens with zero attached hydrogens (tertiary/aromatic N) is 3. The Bertz CT molecular complexity index is 1520. The SMILES string of the molecule is CN1CCN(CCCN2c3ccccc3Sc3ccc(C(F)(F)F)cc32)CC1.ClC1=C(Cl)C2(Cl)C3C(Cl)C(Cl)CC3C1(Cl)C2(Cl)Cl. The molecule has 3 aliphatic carbocycles. The van der Waals surface area contributed by atoms with Gasteiger partial charge in [-0.15, -0.1) is 46.4 Å². The average Bonchev–Trinajstić information content (AvgIpc) is 3.43. The molecule has 2 aliphatic heterocycles. The lowest BCUT2D eigenvalue weighted by molar-refractivity contribution is -0.137. The number of piperazine rings is 1. The largest absolute Gasteiger partial charge is 0.416 e. The van der Waals surface area contributed by atoms with Gasteiger partial charge in [0, 0.05) is 48.4 Å². The van der Waals surface area contributed by atoms with E-state index in [2.05, 4.69) is 21.7 Å². The fraction of sp³-hybridized carbons (Fsp3) is 0.548. The Balaban J connectivity index is 0.000000178. The number of fused-ring (bicyclic) bond motifs is 7. The number of para-hydroxylation sites is 1. The van der Waals surface area contributed by atoms with E-state index < -0.39 is 31.2 Å². The van der Waals surface area contributed by atoms with E-state index in [0.29, 0.717) is 18.7 Å². The summed E-state index contributed by atoms with van der Waals surface area (Å²) in [5.74, 6) is -0.488. The molecule has 0 amide bonds. The summed E-state index contributed by atoms with van der Waals surface area (Å²) in [7, 11) is 2.13. The minimum atomic E-state index is -4.33. The molecule has 6 unspecified atom stereocenters. The molecule has 46 heavy (non-hydrogen) atoms. The van der Waals surface area contributed by atoms with Gasteiger partial charge in [0.15, 0.2) is 4.33 Å². The number of hydrogen-bond donors (Lipinski definition) is 0. The monoisotopic (exact) mass is 813 g/mol. The van der Waals surface area contributed by atoms with Crippen molar-refractivity contribution in [3.63, 3.8) is 0 Å². The van der Waals surface area contributed by atoms with Crippen LogP contribution in [0.4, 0.5) is 24.5 Å². The third kappa shape index (κ3) is 5.76. The number of alkyl halides is 9. The van der Waals surface area contributed by atoms with Crippen molar-refractivity contribution in [3.8, 4) is 0 Å². The predicted octanol–water partition coefficient (Wildman–Crippen LogP) is 10.6. The van der Waals surface area contributed by atoms with E-state index in [4.69, 9.17) is 92.8 Å². The van der Waals surface area contributed by atoms with Gasteiger partial charge in [-0.1, -0.05) is 70.3 Å². The summed E-state index contributed by atoms with van der Waals surface area (Å²) in [5.41, 5.74) is 1.07. The van der Waals surface area contributed by atoms with Crippen LogP contribution in [0.25, 0.3) is 0 Å². The van der Waals surface area contributed by atoms with E-state index in [1.807, 2.05) is 24.3 Å². The minimum absolute atomic E-state index is 0.184. The van der Waals surface area contributed by atoms with Crippen molar-refractivity contribution in [1.82, 2.24) is 9.80 Å². The lowest BCUT2D eigenvalue weighted by atomic mass is 9.84. The molecule has 2 saturated carbocycles. The summed E-state index contributed by atoms with van der Waals surface area (Å²) in [6, 6.07) is 12.0. The molecule has 0 radical (unpaired) electrons. The highest BCUT2D eigenvalue weighted by atomic mass is 35.5. The van der Waals surface area contributed by atoms with Gasteiger partial charge in [0.25, 0.3) is 0 Å². The summed E-state index contributed by atoms with van der Waals surface area (Å²) < 4.78 is 38.3. The Morgan fingerprint density at radius 1 is 0.848 bits per heavy atom. The molecule has 252 valence electrons. The van der Waals surface area contributed by atoms with Gasteiger partial charge >= 0.3 is 6.18 Å². The maximum atomic E-state index is 13.3. The van der Waals surface area contributed by atoms with Gasteiger partial charge in [-0.25, -0.2) is 0 Å². The summed E-state index contributed by atoms with van der Waals surface area (Å²) in [5, 5.41) is -0.259. The lowest BCUT2D eigenvalue weighted by Crippen LogP contribution is -2.47. The van der Waals surface area contributed by atoms with Crippen molar-refractivity contribution in [2.45, 2.75) is 53.6 Å². The Kier molecular flexibility index (Phi) is 10.3. The van der Waals surface area contributed by atoms with Gasteiger partial charge in [-0.2, -0.15) is 13.2 Å². The van der Waals surface area contributed by atoms with Gasteiger partial charge in [0.1, 0.15) is 9.75 Å². The summed E-state index contributed by atoms with van der Waals surface area (Å²) >= 11 is 52.5. The van der Waals surface area contributed by atoms with Crippen molar-refractivity contribution in [2.75, 3.05) is 51.2 Å². The molecule has 6 atom stereocenters. The first-order chi connectivity index (χ1) is 21.5. The van der Waals surface area contributed by atoms with Crippen LogP contribution in [0.1, 0.15) is 18.4 Å². The number of anilines is 2. The van der Waals surface area contributed by atoms with Gasteiger partial charge in [-0.3, -0.25) is 0 Å². The van der Waals surface area contributed by atoms with Gasteiger partial charge in [0.2, 0.25) is 0 Å². The zero-order chi connectivity index (χ0) is 33.4.